The van der Waals surface area contributed by atoms with Crippen molar-refractivity contribution >= 4 is 45.9 Å². The van der Waals surface area contributed by atoms with Crippen molar-refractivity contribution in [2.75, 3.05) is 5.43 Å². The third-order valence-electron chi connectivity index (χ3n) is 3.18. The number of hydrogen-bond acceptors (Lipinski definition) is 4. The molecule has 0 aliphatic heterocycles. The van der Waals surface area contributed by atoms with E-state index in [1.165, 1.54) is 16.9 Å². The van der Waals surface area contributed by atoms with Crippen LogP contribution in [0.1, 0.15) is 11.1 Å². The van der Waals surface area contributed by atoms with Crippen LogP contribution in [0.15, 0.2) is 52.9 Å². The van der Waals surface area contributed by atoms with Gasteiger partial charge in [-0.15, -0.1) is 11.3 Å². The molecule has 0 radical (unpaired) electrons. The molecule has 2 aromatic carbocycles. The maximum absolute atomic E-state index is 6.09. The smallest absolute Gasteiger partial charge is 0.203 e. The first-order valence-corrected chi connectivity index (χ1v) is 8.52. The zero-order chi connectivity index (χ0) is 16.2. The van der Waals surface area contributed by atoms with E-state index in [0.717, 1.165) is 22.0 Å². The van der Waals surface area contributed by atoms with E-state index in [0.29, 0.717) is 10.0 Å². The van der Waals surface area contributed by atoms with Gasteiger partial charge in [-0.05, 0) is 19.1 Å². The van der Waals surface area contributed by atoms with Crippen molar-refractivity contribution in [1.82, 2.24) is 4.98 Å². The fraction of sp³-hybridized carbons (Fsp3) is 0.0588. The average Bonchev–Trinajstić information content (AvgIpc) is 2.99. The van der Waals surface area contributed by atoms with Crippen molar-refractivity contribution in [3.05, 3.63) is 69.0 Å². The Hall–Kier alpha value is -1.88. The Balaban J connectivity index is 1.69. The third-order valence-corrected chi connectivity index (χ3v) is 4.49. The number of hydrogen-bond donors (Lipinski definition) is 1. The SMILES string of the molecule is Cc1ccc(-c2csc(N/N=C\c3ccc(Cl)cc3Cl)n2)cc1. The minimum atomic E-state index is 0.558. The van der Waals surface area contributed by atoms with E-state index in [1.807, 2.05) is 11.4 Å². The Morgan fingerprint density at radius 2 is 1.91 bits per heavy atom. The molecule has 0 bridgehead atoms. The predicted octanol–water partition coefficient (Wildman–Crippen LogP) is 5.87. The number of rotatable bonds is 4. The van der Waals surface area contributed by atoms with Crippen molar-refractivity contribution < 1.29 is 0 Å². The lowest BCUT2D eigenvalue weighted by Gasteiger charge is -1.99. The van der Waals surface area contributed by atoms with Gasteiger partial charge in [-0.3, -0.25) is 5.43 Å². The topological polar surface area (TPSA) is 37.3 Å². The van der Waals surface area contributed by atoms with Crippen LogP contribution in [0.2, 0.25) is 10.0 Å². The Kier molecular flexibility index (Phi) is 4.96. The summed E-state index contributed by atoms with van der Waals surface area (Å²) in [5, 5.41) is 8.05. The molecule has 23 heavy (non-hydrogen) atoms. The molecule has 1 heterocycles. The number of hydrazone groups is 1. The summed E-state index contributed by atoms with van der Waals surface area (Å²) in [7, 11) is 0. The molecule has 6 heteroatoms. The molecule has 0 fully saturated rings. The van der Waals surface area contributed by atoms with Crippen molar-refractivity contribution in [3.63, 3.8) is 0 Å². The molecule has 0 aliphatic carbocycles. The lowest BCUT2D eigenvalue weighted by molar-refractivity contribution is 1.29. The van der Waals surface area contributed by atoms with Gasteiger partial charge in [0.1, 0.15) is 0 Å². The largest absolute Gasteiger partial charge is 0.253 e. The molecule has 0 saturated carbocycles. The predicted molar refractivity (Wildman–Crippen MR) is 100.0 cm³/mol. The van der Waals surface area contributed by atoms with Crippen molar-refractivity contribution in [1.29, 1.82) is 0 Å². The summed E-state index contributed by atoms with van der Waals surface area (Å²) in [6, 6.07) is 13.5. The molecule has 0 aliphatic rings. The molecule has 0 saturated heterocycles. The molecule has 3 rings (SSSR count). The number of aromatic nitrogens is 1. The molecule has 3 nitrogen and oxygen atoms in total. The van der Waals surface area contributed by atoms with E-state index in [9.17, 15) is 0 Å². The van der Waals surface area contributed by atoms with E-state index in [-0.39, 0.29) is 0 Å². The first-order chi connectivity index (χ1) is 11.1. The summed E-state index contributed by atoms with van der Waals surface area (Å²) >= 11 is 13.5. The maximum Gasteiger partial charge on any atom is 0.203 e. The zero-order valence-corrected chi connectivity index (χ0v) is 14.6. The monoisotopic (exact) mass is 361 g/mol. The summed E-state index contributed by atoms with van der Waals surface area (Å²) in [6.07, 6.45) is 1.64. The van der Waals surface area contributed by atoms with Crippen LogP contribution in [0.4, 0.5) is 5.13 Å². The minimum absolute atomic E-state index is 0.558. The molecule has 116 valence electrons. The molecule has 1 N–H and O–H groups in total. The van der Waals surface area contributed by atoms with Crippen LogP contribution in [0.3, 0.4) is 0 Å². The molecular weight excluding hydrogens is 349 g/mol. The Morgan fingerprint density at radius 3 is 2.65 bits per heavy atom. The van der Waals surface area contributed by atoms with E-state index >= 15 is 0 Å². The van der Waals surface area contributed by atoms with E-state index in [2.05, 4.69) is 46.7 Å². The van der Waals surface area contributed by atoms with E-state index < -0.39 is 0 Å². The second kappa shape index (κ2) is 7.13. The molecule has 3 aromatic rings. The van der Waals surface area contributed by atoms with E-state index in [1.54, 1.807) is 18.3 Å². The van der Waals surface area contributed by atoms with Crippen molar-refractivity contribution in [2.24, 2.45) is 5.10 Å². The fourth-order valence-corrected chi connectivity index (χ4v) is 3.07. The molecule has 0 spiro atoms. The highest BCUT2D eigenvalue weighted by Gasteiger charge is 2.04. The number of anilines is 1. The summed E-state index contributed by atoms with van der Waals surface area (Å²) in [6.45, 7) is 2.06. The van der Waals surface area contributed by atoms with Crippen LogP contribution in [-0.4, -0.2) is 11.2 Å². The van der Waals surface area contributed by atoms with Crippen LogP contribution >= 0.6 is 34.5 Å². The van der Waals surface area contributed by atoms with Gasteiger partial charge in [0.15, 0.2) is 0 Å². The highest BCUT2D eigenvalue weighted by molar-refractivity contribution is 7.14. The van der Waals surface area contributed by atoms with Crippen LogP contribution in [0.5, 0.6) is 0 Å². The molecular formula is C17H13Cl2N3S. The summed E-state index contributed by atoms with van der Waals surface area (Å²) in [5.74, 6) is 0. The van der Waals surface area contributed by atoms with Crippen molar-refractivity contribution in [3.8, 4) is 11.3 Å². The number of halogens is 2. The summed E-state index contributed by atoms with van der Waals surface area (Å²) < 4.78 is 0. The van der Waals surface area contributed by atoms with Gasteiger partial charge < -0.3 is 0 Å². The van der Waals surface area contributed by atoms with Gasteiger partial charge in [0.05, 0.1) is 16.9 Å². The van der Waals surface area contributed by atoms with Gasteiger partial charge >= 0.3 is 0 Å². The van der Waals surface area contributed by atoms with Crippen LogP contribution < -0.4 is 5.43 Å². The minimum Gasteiger partial charge on any atom is -0.253 e. The normalized spacial score (nSPS) is 11.1. The molecule has 0 atom stereocenters. The number of nitrogens with zero attached hydrogens (tertiary/aromatic N) is 2. The Morgan fingerprint density at radius 1 is 1.13 bits per heavy atom. The Bertz CT molecular complexity index is 841. The molecule has 0 amide bonds. The van der Waals surface area contributed by atoms with Gasteiger partial charge in [0.25, 0.3) is 0 Å². The van der Waals surface area contributed by atoms with Gasteiger partial charge in [0, 0.05) is 21.5 Å². The van der Waals surface area contributed by atoms with Crippen LogP contribution in [0.25, 0.3) is 11.3 Å². The van der Waals surface area contributed by atoms with Crippen LogP contribution in [0, 0.1) is 6.92 Å². The average molecular weight is 362 g/mol. The second-order valence-corrected chi connectivity index (χ2v) is 6.64. The van der Waals surface area contributed by atoms with Crippen molar-refractivity contribution in [2.45, 2.75) is 6.92 Å². The lowest BCUT2D eigenvalue weighted by atomic mass is 10.1. The fourth-order valence-electron chi connectivity index (χ4n) is 1.95. The number of thiazole rings is 1. The number of aryl methyl sites for hydroxylation is 1. The molecule has 0 unspecified atom stereocenters. The van der Waals surface area contributed by atoms with Gasteiger partial charge in [0.2, 0.25) is 5.13 Å². The second-order valence-electron chi connectivity index (χ2n) is 4.94. The highest BCUT2D eigenvalue weighted by Crippen LogP contribution is 2.25. The highest BCUT2D eigenvalue weighted by atomic mass is 35.5. The quantitative estimate of drug-likeness (QED) is 0.465. The Labute approximate surface area is 148 Å². The summed E-state index contributed by atoms with van der Waals surface area (Å²) in [4.78, 5) is 4.52. The molecule has 1 aromatic heterocycles. The lowest BCUT2D eigenvalue weighted by Crippen LogP contribution is -1.91. The standard InChI is InChI=1S/C17H13Cl2N3S/c1-11-2-4-12(5-3-11)16-10-23-17(21-16)22-20-9-13-6-7-14(18)8-15(13)19/h2-10H,1H3,(H,21,22)/b20-9-. The first-order valence-electron chi connectivity index (χ1n) is 6.88. The maximum atomic E-state index is 6.09. The van der Waals surface area contributed by atoms with Gasteiger partial charge in [-0.1, -0.05) is 59.1 Å². The van der Waals surface area contributed by atoms with Gasteiger partial charge in [-0.25, -0.2) is 4.98 Å². The number of nitrogens with one attached hydrogen (secondary N) is 1. The summed E-state index contributed by atoms with van der Waals surface area (Å²) in [5.41, 5.74) is 6.96. The number of benzene rings is 2. The van der Waals surface area contributed by atoms with E-state index in [4.69, 9.17) is 23.2 Å². The van der Waals surface area contributed by atoms with Gasteiger partial charge in [-0.2, -0.15) is 5.10 Å². The first kappa shape index (κ1) is 16.0. The van der Waals surface area contributed by atoms with Crippen LogP contribution in [-0.2, 0) is 0 Å². The zero-order valence-electron chi connectivity index (χ0n) is 12.3. The third kappa shape index (κ3) is 4.10.